The summed E-state index contributed by atoms with van der Waals surface area (Å²) in [6.45, 7) is 3.43. The van der Waals surface area contributed by atoms with E-state index < -0.39 is 17.1 Å². The number of hydrogen-bond donors (Lipinski definition) is 1. The fraction of sp³-hybridized carbons (Fsp3) is 0.150. The second-order valence-electron chi connectivity index (χ2n) is 6.09. The molecule has 1 N–H and O–H groups in total. The van der Waals surface area contributed by atoms with E-state index in [4.69, 9.17) is 4.42 Å². The first-order chi connectivity index (χ1) is 12.9. The monoisotopic (exact) mass is 382 g/mol. The molecule has 1 fully saturated rings. The van der Waals surface area contributed by atoms with Crippen molar-refractivity contribution in [3.8, 4) is 0 Å². The zero-order valence-electron chi connectivity index (χ0n) is 14.9. The molecule has 0 aliphatic carbocycles. The predicted octanol–water partition coefficient (Wildman–Crippen LogP) is 4.21. The molecule has 1 aromatic heterocycles. The van der Waals surface area contributed by atoms with E-state index in [2.05, 4.69) is 5.32 Å². The second kappa shape index (κ2) is 8.09. The molecule has 2 heterocycles. The Morgan fingerprint density at radius 1 is 1.22 bits per heavy atom. The topological polar surface area (TPSA) is 79.6 Å². The van der Waals surface area contributed by atoms with Crippen LogP contribution in [-0.4, -0.2) is 28.5 Å². The zero-order chi connectivity index (χ0) is 19.4. The number of imide groups is 1. The Morgan fingerprint density at radius 3 is 2.63 bits per heavy atom. The number of aryl methyl sites for hydroxylation is 1. The van der Waals surface area contributed by atoms with Crippen molar-refractivity contribution < 1.29 is 18.8 Å². The van der Waals surface area contributed by atoms with E-state index in [0.717, 1.165) is 27.8 Å². The van der Waals surface area contributed by atoms with Gasteiger partial charge in [-0.3, -0.25) is 19.3 Å². The minimum atomic E-state index is -0.476. The number of rotatable bonds is 5. The molecule has 6 nitrogen and oxygen atoms in total. The lowest BCUT2D eigenvalue weighted by molar-refractivity contribution is -0.127. The van der Waals surface area contributed by atoms with Gasteiger partial charge < -0.3 is 9.73 Å². The zero-order valence-corrected chi connectivity index (χ0v) is 15.7. The maximum Gasteiger partial charge on any atom is 0.294 e. The average molecular weight is 382 g/mol. The van der Waals surface area contributed by atoms with Crippen molar-refractivity contribution in [2.75, 3.05) is 11.9 Å². The van der Waals surface area contributed by atoms with Gasteiger partial charge in [0, 0.05) is 5.69 Å². The van der Waals surface area contributed by atoms with E-state index in [1.807, 2.05) is 19.1 Å². The third-order valence-corrected chi connectivity index (χ3v) is 4.69. The summed E-state index contributed by atoms with van der Waals surface area (Å²) in [5, 5.41) is 2.22. The predicted molar refractivity (Wildman–Crippen MR) is 105 cm³/mol. The van der Waals surface area contributed by atoms with Gasteiger partial charge in [0.2, 0.25) is 5.91 Å². The smallest absolute Gasteiger partial charge is 0.294 e. The average Bonchev–Trinajstić information content (AvgIpc) is 3.21. The molecule has 3 amide bonds. The van der Waals surface area contributed by atoms with E-state index in [9.17, 15) is 14.4 Å². The van der Waals surface area contributed by atoms with Crippen molar-refractivity contribution in [1.82, 2.24) is 4.90 Å². The largest absolute Gasteiger partial charge is 0.465 e. The molecule has 0 atom stereocenters. The Kier molecular flexibility index (Phi) is 5.61. The number of amides is 3. The van der Waals surface area contributed by atoms with Crippen LogP contribution >= 0.6 is 11.8 Å². The highest BCUT2D eigenvalue weighted by Crippen LogP contribution is 2.31. The lowest BCUT2D eigenvalue weighted by Gasteiger charge is -2.12. The van der Waals surface area contributed by atoms with Gasteiger partial charge in [-0.25, -0.2) is 0 Å². The van der Waals surface area contributed by atoms with Crippen LogP contribution in [0, 0.1) is 6.92 Å². The number of allylic oxidation sites excluding steroid dienone is 2. The summed E-state index contributed by atoms with van der Waals surface area (Å²) >= 11 is 0.820. The number of nitrogens with one attached hydrogen (secondary N) is 1. The fourth-order valence-corrected chi connectivity index (χ4v) is 3.35. The molecular formula is C20H18N2O4S. The van der Waals surface area contributed by atoms with Crippen LogP contribution in [0.3, 0.4) is 0 Å². The van der Waals surface area contributed by atoms with Crippen LogP contribution < -0.4 is 5.32 Å². The first kappa shape index (κ1) is 18.7. The number of furan rings is 1. The maximum absolute atomic E-state index is 12.5. The molecule has 0 unspecified atom stereocenters. The number of carbonyl (C=O) groups is 3. The molecule has 138 valence electrons. The van der Waals surface area contributed by atoms with E-state index in [0.29, 0.717) is 11.4 Å². The second-order valence-corrected chi connectivity index (χ2v) is 7.08. The summed E-state index contributed by atoms with van der Waals surface area (Å²) in [5.74, 6) is -0.248. The maximum atomic E-state index is 12.5. The third kappa shape index (κ3) is 4.77. The molecular weight excluding hydrogens is 364 g/mol. The van der Waals surface area contributed by atoms with Gasteiger partial charge in [-0.15, -0.1) is 0 Å². The van der Waals surface area contributed by atoms with Crippen LogP contribution in [0.15, 0.2) is 63.6 Å². The lowest BCUT2D eigenvalue weighted by Crippen LogP contribution is -2.36. The summed E-state index contributed by atoms with van der Waals surface area (Å²) < 4.78 is 5.23. The Labute approximate surface area is 160 Å². The molecule has 1 aliphatic rings. The molecule has 0 bridgehead atoms. The van der Waals surface area contributed by atoms with E-state index in [1.54, 1.807) is 49.6 Å². The van der Waals surface area contributed by atoms with Gasteiger partial charge in [0.05, 0.1) is 11.2 Å². The third-order valence-electron chi connectivity index (χ3n) is 3.78. The summed E-state index contributed by atoms with van der Waals surface area (Å²) in [5.41, 5.74) is 2.45. The van der Waals surface area contributed by atoms with Gasteiger partial charge >= 0.3 is 0 Å². The molecule has 1 aromatic carbocycles. The molecule has 3 rings (SSSR count). The van der Waals surface area contributed by atoms with E-state index in [-0.39, 0.29) is 11.4 Å². The standard InChI is InChI=1S/C20H18N2O4S/c1-13-5-7-15(8-6-13)21-18(23)12-22-19(24)17(27-20(22)25)11-14(2)10-16-4-3-9-26-16/h3-11H,12H2,1-2H3,(H,21,23). The van der Waals surface area contributed by atoms with Crippen LogP contribution in [0.1, 0.15) is 18.2 Å². The van der Waals surface area contributed by atoms with Gasteiger partial charge in [0.1, 0.15) is 12.3 Å². The van der Waals surface area contributed by atoms with Gasteiger partial charge in [-0.05, 0) is 67.6 Å². The van der Waals surface area contributed by atoms with Crippen molar-refractivity contribution in [1.29, 1.82) is 0 Å². The van der Waals surface area contributed by atoms with Crippen LogP contribution in [-0.2, 0) is 9.59 Å². The van der Waals surface area contributed by atoms with Crippen LogP contribution in [0.2, 0.25) is 0 Å². The van der Waals surface area contributed by atoms with Crippen LogP contribution in [0.5, 0.6) is 0 Å². The SMILES string of the molecule is CC(=Cc1ccco1)C=C1SC(=O)N(CC(=O)Nc2ccc(C)cc2)C1=O. The van der Waals surface area contributed by atoms with E-state index >= 15 is 0 Å². The molecule has 1 saturated heterocycles. The van der Waals surface area contributed by atoms with Crippen molar-refractivity contribution in [3.63, 3.8) is 0 Å². The van der Waals surface area contributed by atoms with Gasteiger partial charge in [0.25, 0.3) is 11.1 Å². The molecule has 27 heavy (non-hydrogen) atoms. The Balaban J connectivity index is 1.66. The van der Waals surface area contributed by atoms with Crippen LogP contribution in [0.25, 0.3) is 6.08 Å². The molecule has 2 aromatic rings. The fourth-order valence-electron chi connectivity index (χ4n) is 2.46. The Hall–Kier alpha value is -3.06. The Bertz CT molecular complexity index is 927. The highest BCUT2D eigenvalue weighted by atomic mass is 32.2. The minimum absolute atomic E-state index is 0.281. The normalized spacial score (nSPS) is 16.3. The molecule has 7 heteroatoms. The molecule has 1 aliphatic heterocycles. The van der Waals surface area contributed by atoms with Gasteiger partial charge in [0.15, 0.2) is 0 Å². The Morgan fingerprint density at radius 2 is 1.96 bits per heavy atom. The first-order valence-corrected chi connectivity index (χ1v) is 9.08. The van der Waals surface area contributed by atoms with Gasteiger partial charge in [-0.1, -0.05) is 17.7 Å². The molecule has 0 saturated carbocycles. The van der Waals surface area contributed by atoms with Crippen molar-refractivity contribution in [3.05, 3.63) is 70.5 Å². The lowest BCUT2D eigenvalue weighted by atomic mass is 10.2. The van der Waals surface area contributed by atoms with Gasteiger partial charge in [-0.2, -0.15) is 0 Å². The summed E-state index contributed by atoms with van der Waals surface area (Å²) in [6, 6.07) is 10.8. The molecule has 0 spiro atoms. The van der Waals surface area contributed by atoms with Crippen molar-refractivity contribution >= 4 is 40.6 Å². The van der Waals surface area contributed by atoms with Crippen molar-refractivity contribution in [2.45, 2.75) is 13.8 Å². The highest BCUT2D eigenvalue weighted by molar-refractivity contribution is 8.18. The number of nitrogens with zero attached hydrogens (tertiary/aromatic N) is 1. The number of hydrogen-bond acceptors (Lipinski definition) is 5. The summed E-state index contributed by atoms with van der Waals surface area (Å²) in [4.78, 5) is 38.0. The number of anilines is 1. The summed E-state index contributed by atoms with van der Waals surface area (Å²) in [6.07, 6.45) is 4.93. The van der Waals surface area contributed by atoms with E-state index in [1.165, 1.54) is 0 Å². The minimum Gasteiger partial charge on any atom is -0.465 e. The van der Waals surface area contributed by atoms with Crippen LogP contribution in [0.4, 0.5) is 10.5 Å². The number of thioether (sulfide) groups is 1. The summed E-state index contributed by atoms with van der Waals surface area (Å²) in [7, 11) is 0. The van der Waals surface area contributed by atoms with Crippen molar-refractivity contribution in [2.24, 2.45) is 0 Å². The quantitative estimate of drug-likeness (QED) is 0.784. The number of carbonyl (C=O) groups excluding carboxylic acids is 3. The first-order valence-electron chi connectivity index (χ1n) is 8.26. The molecule has 0 radical (unpaired) electrons. The number of benzene rings is 1. The highest BCUT2D eigenvalue weighted by Gasteiger charge is 2.36.